The second kappa shape index (κ2) is 3.73. The summed E-state index contributed by atoms with van der Waals surface area (Å²) < 4.78 is 6.28. The second-order valence-corrected chi connectivity index (χ2v) is 4.30. The fraction of sp³-hybridized carbons (Fsp3) is 0.300. The molecule has 0 fully saturated rings. The Morgan fingerprint density at radius 3 is 3.07 bits per heavy atom. The molecule has 0 radical (unpaired) electrons. The number of fused-ring (bicyclic) bond motifs is 1. The lowest BCUT2D eigenvalue weighted by Gasteiger charge is -2.33. The van der Waals surface area contributed by atoms with Crippen molar-refractivity contribution in [2.45, 2.75) is 6.04 Å². The molecule has 1 aliphatic heterocycles. The lowest BCUT2D eigenvalue weighted by molar-refractivity contribution is -0.139. The van der Waals surface area contributed by atoms with Crippen molar-refractivity contribution < 1.29 is 14.6 Å². The van der Waals surface area contributed by atoms with Crippen LogP contribution in [0.3, 0.4) is 0 Å². The molecule has 1 heterocycles. The Labute approximate surface area is 95.6 Å². The fourth-order valence-electron chi connectivity index (χ4n) is 1.57. The number of rotatable bonds is 1. The molecule has 1 N–H and O–H groups in total. The van der Waals surface area contributed by atoms with Gasteiger partial charge in [-0.3, -0.25) is 0 Å². The van der Waals surface area contributed by atoms with E-state index < -0.39 is 12.0 Å². The lowest BCUT2D eigenvalue weighted by Crippen LogP contribution is -2.45. The van der Waals surface area contributed by atoms with E-state index in [1.807, 2.05) is 18.2 Å². The molecule has 0 bridgehead atoms. The van der Waals surface area contributed by atoms with Crippen LogP contribution < -0.4 is 9.64 Å². The molecule has 1 aliphatic rings. The van der Waals surface area contributed by atoms with Crippen LogP contribution in [0.25, 0.3) is 0 Å². The largest absolute Gasteiger partial charge is 0.489 e. The standard InChI is InChI=1S/C10H10BrNO3/c1-12-7-4-6(11)2-3-9(7)15-5-8(12)10(13)14/h2-4,8H,5H2,1H3,(H,13,14). The summed E-state index contributed by atoms with van der Waals surface area (Å²) in [5, 5.41) is 8.97. The first-order valence-electron chi connectivity index (χ1n) is 4.47. The molecule has 80 valence electrons. The topological polar surface area (TPSA) is 49.8 Å². The first kappa shape index (κ1) is 10.3. The summed E-state index contributed by atoms with van der Waals surface area (Å²) in [6, 6.07) is 4.93. The van der Waals surface area contributed by atoms with Gasteiger partial charge in [0.2, 0.25) is 0 Å². The van der Waals surface area contributed by atoms with Gasteiger partial charge in [-0.2, -0.15) is 0 Å². The van der Waals surface area contributed by atoms with E-state index in [2.05, 4.69) is 15.9 Å². The van der Waals surface area contributed by atoms with Crippen molar-refractivity contribution in [1.82, 2.24) is 0 Å². The summed E-state index contributed by atoms with van der Waals surface area (Å²) in [5.41, 5.74) is 0.794. The van der Waals surface area contributed by atoms with Crippen LogP contribution in [-0.2, 0) is 4.79 Å². The third-order valence-corrected chi connectivity index (χ3v) is 2.94. The van der Waals surface area contributed by atoms with E-state index in [4.69, 9.17) is 9.84 Å². The van der Waals surface area contributed by atoms with Gasteiger partial charge in [-0.05, 0) is 18.2 Å². The third-order valence-electron chi connectivity index (χ3n) is 2.45. The normalized spacial score (nSPS) is 19.3. The van der Waals surface area contributed by atoms with Gasteiger partial charge in [0.15, 0.2) is 6.04 Å². The molecule has 0 saturated heterocycles. The Balaban J connectivity index is 2.40. The number of carboxylic acid groups (broad SMARTS) is 1. The highest BCUT2D eigenvalue weighted by atomic mass is 79.9. The van der Waals surface area contributed by atoms with Crippen molar-refractivity contribution in [2.75, 3.05) is 18.6 Å². The third kappa shape index (κ3) is 1.79. The molecule has 0 amide bonds. The summed E-state index contributed by atoms with van der Waals surface area (Å²) in [5.74, 6) is -0.152. The van der Waals surface area contributed by atoms with Crippen molar-refractivity contribution in [2.24, 2.45) is 0 Å². The number of ether oxygens (including phenoxy) is 1. The first-order chi connectivity index (χ1) is 7.09. The predicted molar refractivity (Wildman–Crippen MR) is 59.5 cm³/mol. The number of carbonyl (C=O) groups is 1. The molecule has 1 atom stereocenters. The summed E-state index contributed by atoms with van der Waals surface area (Å²) in [7, 11) is 1.76. The highest BCUT2D eigenvalue weighted by Crippen LogP contribution is 2.35. The number of anilines is 1. The number of nitrogens with zero attached hydrogens (tertiary/aromatic N) is 1. The minimum absolute atomic E-state index is 0.181. The number of carboxylic acids is 1. The SMILES string of the molecule is CN1c2cc(Br)ccc2OCC1C(=O)O. The van der Waals surface area contributed by atoms with Crippen LogP contribution in [0.4, 0.5) is 5.69 Å². The van der Waals surface area contributed by atoms with E-state index in [0.717, 1.165) is 15.9 Å². The van der Waals surface area contributed by atoms with Crippen LogP contribution >= 0.6 is 15.9 Å². The quantitative estimate of drug-likeness (QED) is 0.845. The Hall–Kier alpha value is -1.23. The molecule has 4 nitrogen and oxygen atoms in total. The maximum atomic E-state index is 10.9. The van der Waals surface area contributed by atoms with Crippen molar-refractivity contribution in [1.29, 1.82) is 0 Å². The molecule has 5 heteroatoms. The van der Waals surface area contributed by atoms with Crippen molar-refractivity contribution >= 4 is 27.6 Å². The number of benzene rings is 1. The molecule has 0 spiro atoms. The van der Waals surface area contributed by atoms with Gasteiger partial charge in [0, 0.05) is 11.5 Å². The number of likely N-dealkylation sites (N-methyl/N-ethyl adjacent to an activating group) is 1. The highest BCUT2D eigenvalue weighted by Gasteiger charge is 2.30. The zero-order valence-corrected chi connectivity index (χ0v) is 9.69. The van der Waals surface area contributed by atoms with E-state index >= 15 is 0 Å². The summed E-state index contributed by atoms with van der Waals surface area (Å²) >= 11 is 3.35. The number of halogens is 1. The van der Waals surface area contributed by atoms with E-state index in [9.17, 15) is 4.79 Å². The molecular weight excluding hydrogens is 262 g/mol. The van der Waals surface area contributed by atoms with Crippen LogP contribution in [0.1, 0.15) is 0 Å². The van der Waals surface area contributed by atoms with Gasteiger partial charge >= 0.3 is 5.97 Å². The minimum Gasteiger partial charge on any atom is -0.489 e. The maximum absolute atomic E-state index is 10.9. The fourth-order valence-corrected chi connectivity index (χ4v) is 1.92. The summed E-state index contributed by atoms with van der Waals surface area (Å²) in [6.07, 6.45) is 0. The highest BCUT2D eigenvalue weighted by molar-refractivity contribution is 9.10. The maximum Gasteiger partial charge on any atom is 0.329 e. The van der Waals surface area contributed by atoms with E-state index in [1.54, 1.807) is 11.9 Å². The predicted octanol–water partition coefficient (Wildman–Crippen LogP) is 1.73. The van der Waals surface area contributed by atoms with Crippen LogP contribution in [0.5, 0.6) is 5.75 Å². The average molecular weight is 272 g/mol. The van der Waals surface area contributed by atoms with Crippen molar-refractivity contribution in [3.05, 3.63) is 22.7 Å². The van der Waals surface area contributed by atoms with Crippen LogP contribution in [-0.4, -0.2) is 30.8 Å². The number of aliphatic carboxylic acids is 1. The van der Waals surface area contributed by atoms with E-state index in [1.165, 1.54) is 0 Å². The molecule has 15 heavy (non-hydrogen) atoms. The van der Waals surface area contributed by atoms with Gasteiger partial charge in [0.25, 0.3) is 0 Å². The van der Waals surface area contributed by atoms with Gasteiger partial charge in [-0.25, -0.2) is 4.79 Å². The van der Waals surface area contributed by atoms with Gasteiger partial charge in [-0.1, -0.05) is 15.9 Å². The zero-order chi connectivity index (χ0) is 11.0. The van der Waals surface area contributed by atoms with Crippen molar-refractivity contribution in [3.63, 3.8) is 0 Å². The average Bonchev–Trinajstić information content (AvgIpc) is 2.19. The summed E-state index contributed by atoms with van der Waals surface area (Å²) in [6.45, 7) is 0.181. The Kier molecular flexibility index (Phi) is 2.56. The van der Waals surface area contributed by atoms with Gasteiger partial charge < -0.3 is 14.7 Å². The Bertz CT molecular complexity index is 408. The molecule has 2 rings (SSSR count). The number of hydrogen-bond acceptors (Lipinski definition) is 3. The first-order valence-corrected chi connectivity index (χ1v) is 5.27. The zero-order valence-electron chi connectivity index (χ0n) is 8.11. The van der Waals surface area contributed by atoms with E-state index in [0.29, 0.717) is 0 Å². The molecule has 1 aromatic rings. The van der Waals surface area contributed by atoms with Gasteiger partial charge in [0.05, 0.1) is 5.69 Å². The van der Waals surface area contributed by atoms with Crippen LogP contribution in [0.2, 0.25) is 0 Å². The molecule has 0 aromatic heterocycles. The smallest absolute Gasteiger partial charge is 0.329 e. The Morgan fingerprint density at radius 2 is 2.40 bits per heavy atom. The lowest BCUT2D eigenvalue weighted by atomic mass is 10.2. The molecular formula is C10H10BrNO3. The van der Waals surface area contributed by atoms with Crippen LogP contribution in [0.15, 0.2) is 22.7 Å². The molecule has 1 unspecified atom stereocenters. The molecule has 1 aromatic carbocycles. The summed E-state index contributed by atoms with van der Waals surface area (Å²) in [4.78, 5) is 12.6. The molecule has 0 saturated carbocycles. The van der Waals surface area contributed by atoms with Gasteiger partial charge in [-0.15, -0.1) is 0 Å². The molecule has 0 aliphatic carbocycles. The van der Waals surface area contributed by atoms with E-state index in [-0.39, 0.29) is 6.61 Å². The number of hydrogen-bond donors (Lipinski definition) is 1. The minimum atomic E-state index is -0.872. The Morgan fingerprint density at radius 1 is 1.67 bits per heavy atom. The van der Waals surface area contributed by atoms with Gasteiger partial charge in [0.1, 0.15) is 12.4 Å². The monoisotopic (exact) mass is 271 g/mol. The van der Waals surface area contributed by atoms with Crippen LogP contribution in [0, 0.1) is 0 Å². The second-order valence-electron chi connectivity index (χ2n) is 3.39. The van der Waals surface area contributed by atoms with Crippen molar-refractivity contribution in [3.8, 4) is 5.75 Å².